The van der Waals surface area contributed by atoms with Crippen molar-refractivity contribution in [3.05, 3.63) is 70.3 Å². The van der Waals surface area contributed by atoms with Crippen LogP contribution in [0.1, 0.15) is 39.5 Å². The van der Waals surface area contributed by atoms with E-state index < -0.39 is 58.7 Å². The molecule has 46 heavy (non-hydrogen) atoms. The first-order chi connectivity index (χ1) is 21.4. The van der Waals surface area contributed by atoms with Crippen molar-refractivity contribution in [1.82, 2.24) is 14.7 Å². The molecule has 16 heteroatoms. The van der Waals surface area contributed by atoms with Crippen molar-refractivity contribution >= 4 is 5.91 Å². The molecule has 4 rings (SSSR count). The Morgan fingerprint density at radius 1 is 0.826 bits per heavy atom. The first-order valence-corrected chi connectivity index (χ1v) is 14.3. The number of halogens is 9. The van der Waals surface area contributed by atoms with E-state index in [0.717, 1.165) is 12.1 Å². The minimum Gasteiger partial charge on any atom is -0.333 e. The van der Waals surface area contributed by atoms with Crippen LogP contribution in [0.4, 0.5) is 39.5 Å². The molecule has 2 fully saturated rings. The van der Waals surface area contributed by atoms with Crippen molar-refractivity contribution in [1.29, 1.82) is 0 Å². The molecule has 0 bridgehead atoms. The van der Waals surface area contributed by atoms with Crippen LogP contribution in [0.5, 0.6) is 0 Å². The van der Waals surface area contributed by atoms with Gasteiger partial charge in [-0.3, -0.25) is 14.6 Å². The number of carbonyl (C=O) groups excluding carboxylic acids is 1. The standard InChI is InChI=1S/C30H34F9N3O4/c1-19-30(44-2,45-3)46-13-12-41(19)10-8-40-9-11-42(25(18-40)14-20-4-6-22(7-5-20)27(31,32)33)26(43)21-15-23(28(34,35)36)17-24(16-21)29(37,38)39/h4-7,15-17,19,25H,8-14,18H2,1-3H3/t19?,25-/m1/s1. The average molecular weight is 672 g/mol. The van der Waals surface area contributed by atoms with Gasteiger partial charge in [0.25, 0.3) is 11.9 Å². The van der Waals surface area contributed by atoms with Crippen LogP contribution in [-0.4, -0.2) is 98.8 Å². The molecule has 2 aliphatic heterocycles. The molecule has 2 heterocycles. The summed E-state index contributed by atoms with van der Waals surface area (Å²) in [7, 11) is 2.90. The van der Waals surface area contributed by atoms with Crippen molar-refractivity contribution in [2.45, 2.75) is 49.9 Å². The van der Waals surface area contributed by atoms with E-state index in [4.69, 9.17) is 14.2 Å². The second-order valence-corrected chi connectivity index (χ2v) is 11.2. The summed E-state index contributed by atoms with van der Waals surface area (Å²) >= 11 is 0. The van der Waals surface area contributed by atoms with E-state index >= 15 is 0 Å². The van der Waals surface area contributed by atoms with Gasteiger partial charge in [0.2, 0.25) is 0 Å². The zero-order chi connectivity index (χ0) is 34.1. The van der Waals surface area contributed by atoms with Gasteiger partial charge in [-0.15, -0.1) is 0 Å². The van der Waals surface area contributed by atoms with E-state index in [-0.39, 0.29) is 38.2 Å². The summed E-state index contributed by atoms with van der Waals surface area (Å²) in [5, 5.41) is 0. The molecule has 0 aliphatic carbocycles. The summed E-state index contributed by atoms with van der Waals surface area (Å²) in [6.45, 7) is 4.07. The van der Waals surface area contributed by atoms with E-state index in [2.05, 4.69) is 4.90 Å². The summed E-state index contributed by atoms with van der Waals surface area (Å²) in [5.74, 6) is -2.32. The van der Waals surface area contributed by atoms with Crippen molar-refractivity contribution < 1.29 is 58.5 Å². The third-order valence-corrected chi connectivity index (χ3v) is 8.43. The Bertz CT molecular complexity index is 1310. The molecule has 1 amide bonds. The highest BCUT2D eigenvalue weighted by Crippen LogP contribution is 2.37. The van der Waals surface area contributed by atoms with E-state index in [1.54, 1.807) is 0 Å². The van der Waals surface area contributed by atoms with Gasteiger partial charge in [-0.1, -0.05) is 12.1 Å². The molecule has 2 atom stereocenters. The molecule has 1 unspecified atom stereocenters. The van der Waals surface area contributed by atoms with Crippen LogP contribution < -0.4 is 0 Å². The Labute approximate surface area is 259 Å². The molecule has 2 aromatic rings. The molecule has 2 saturated heterocycles. The molecule has 2 aliphatic rings. The van der Waals surface area contributed by atoms with Gasteiger partial charge in [-0.05, 0) is 49.2 Å². The topological polar surface area (TPSA) is 54.5 Å². The van der Waals surface area contributed by atoms with Gasteiger partial charge in [0.1, 0.15) is 0 Å². The molecule has 0 radical (unpaired) electrons. The molecule has 0 saturated carbocycles. The number of alkyl halides is 9. The molecular formula is C30H34F9N3O4. The van der Waals surface area contributed by atoms with Crippen molar-refractivity contribution in [2.24, 2.45) is 0 Å². The maximum absolute atomic E-state index is 13.6. The van der Waals surface area contributed by atoms with Crippen LogP contribution in [0.25, 0.3) is 0 Å². The molecule has 0 aromatic heterocycles. The minimum atomic E-state index is -5.14. The number of hydrogen-bond donors (Lipinski definition) is 0. The highest BCUT2D eigenvalue weighted by atomic mass is 19.4. The predicted molar refractivity (Wildman–Crippen MR) is 147 cm³/mol. The zero-order valence-corrected chi connectivity index (χ0v) is 25.2. The summed E-state index contributed by atoms with van der Waals surface area (Å²) in [4.78, 5) is 18.9. The van der Waals surface area contributed by atoms with Crippen LogP contribution in [-0.2, 0) is 39.2 Å². The molecular weight excluding hydrogens is 637 g/mol. The summed E-state index contributed by atoms with van der Waals surface area (Å²) in [6.07, 6.45) is -14.9. The lowest BCUT2D eigenvalue weighted by atomic mass is 9.98. The van der Waals surface area contributed by atoms with Gasteiger partial charge >= 0.3 is 18.5 Å². The minimum absolute atomic E-state index is 0.00981. The highest BCUT2D eigenvalue weighted by Gasteiger charge is 2.45. The Kier molecular flexibility index (Phi) is 10.7. The number of nitrogens with zero attached hydrogens (tertiary/aromatic N) is 3. The summed E-state index contributed by atoms with van der Waals surface area (Å²) in [5.41, 5.74) is -4.51. The number of carbonyl (C=O) groups is 1. The monoisotopic (exact) mass is 671 g/mol. The summed E-state index contributed by atoms with van der Waals surface area (Å²) < 4.78 is 137. The Balaban J connectivity index is 1.59. The number of benzene rings is 2. The number of amides is 1. The van der Waals surface area contributed by atoms with E-state index in [1.807, 2.05) is 11.8 Å². The largest absolute Gasteiger partial charge is 0.416 e. The van der Waals surface area contributed by atoms with Crippen molar-refractivity contribution in [2.75, 3.05) is 60.1 Å². The maximum Gasteiger partial charge on any atom is 0.416 e. The van der Waals surface area contributed by atoms with Gasteiger partial charge in [0.15, 0.2) is 0 Å². The first kappa shape index (κ1) is 35.9. The van der Waals surface area contributed by atoms with E-state index in [0.29, 0.717) is 43.9 Å². The van der Waals surface area contributed by atoms with Crippen LogP contribution >= 0.6 is 0 Å². The second-order valence-electron chi connectivity index (χ2n) is 11.2. The Morgan fingerprint density at radius 2 is 1.39 bits per heavy atom. The third-order valence-electron chi connectivity index (χ3n) is 8.43. The zero-order valence-electron chi connectivity index (χ0n) is 25.2. The predicted octanol–water partition coefficient (Wildman–Crippen LogP) is 5.78. The number of methoxy groups -OCH3 is 2. The van der Waals surface area contributed by atoms with Crippen molar-refractivity contribution in [3.8, 4) is 0 Å². The van der Waals surface area contributed by atoms with Gasteiger partial charge in [-0.25, -0.2) is 0 Å². The normalized spacial score (nSPS) is 21.9. The fourth-order valence-corrected chi connectivity index (χ4v) is 5.87. The molecule has 7 nitrogen and oxygen atoms in total. The molecule has 256 valence electrons. The number of morpholine rings is 1. The number of rotatable bonds is 8. The molecule has 0 N–H and O–H groups in total. The third kappa shape index (κ3) is 8.13. The van der Waals surface area contributed by atoms with Gasteiger partial charge in [-0.2, -0.15) is 39.5 Å². The number of hydrogen-bond acceptors (Lipinski definition) is 6. The van der Waals surface area contributed by atoms with Crippen molar-refractivity contribution in [3.63, 3.8) is 0 Å². The average Bonchev–Trinajstić information content (AvgIpc) is 2.99. The van der Waals surface area contributed by atoms with Crippen LogP contribution in [0.15, 0.2) is 42.5 Å². The number of ether oxygens (including phenoxy) is 3. The number of piperazine rings is 1. The lowest BCUT2D eigenvalue weighted by Crippen LogP contribution is -2.62. The van der Waals surface area contributed by atoms with Gasteiger partial charge in [0.05, 0.1) is 29.3 Å². The Morgan fingerprint density at radius 3 is 1.91 bits per heavy atom. The molecule has 0 spiro atoms. The van der Waals surface area contributed by atoms with E-state index in [9.17, 15) is 44.3 Å². The SMILES string of the molecule is COC1(OC)OCCN(CCN2CCN(C(=O)c3cc(C(F)(F)F)cc(C(F)(F)F)c3)[C@H](Cc3ccc(C(F)(F)F)cc3)C2)C1C. The van der Waals surface area contributed by atoms with Crippen LogP contribution in [0.3, 0.4) is 0 Å². The first-order valence-electron chi connectivity index (χ1n) is 14.3. The highest BCUT2D eigenvalue weighted by molar-refractivity contribution is 5.95. The van der Waals surface area contributed by atoms with Gasteiger partial charge < -0.3 is 19.1 Å². The summed E-state index contributed by atoms with van der Waals surface area (Å²) in [6, 6.07) is 3.86. The fraction of sp³-hybridized carbons (Fsp3) is 0.567. The fourth-order valence-electron chi connectivity index (χ4n) is 5.87. The van der Waals surface area contributed by atoms with Crippen LogP contribution in [0, 0.1) is 0 Å². The maximum atomic E-state index is 13.6. The smallest absolute Gasteiger partial charge is 0.333 e. The second kappa shape index (κ2) is 13.7. The molecule has 2 aromatic carbocycles. The lowest BCUT2D eigenvalue weighted by Gasteiger charge is -2.47. The van der Waals surface area contributed by atoms with Crippen LogP contribution in [0.2, 0.25) is 0 Å². The Hall–Kier alpha value is -2.92. The lowest BCUT2D eigenvalue weighted by molar-refractivity contribution is -0.400. The quantitative estimate of drug-likeness (QED) is 0.262. The van der Waals surface area contributed by atoms with E-state index in [1.165, 1.54) is 31.3 Å². The van der Waals surface area contributed by atoms with Gasteiger partial charge in [0, 0.05) is 65.1 Å².